The summed E-state index contributed by atoms with van der Waals surface area (Å²) in [4.78, 5) is 11.4. The molecule has 0 aromatic heterocycles. The van der Waals surface area contributed by atoms with Gasteiger partial charge in [0.25, 0.3) is 5.91 Å². The molecule has 1 heterocycles. The van der Waals surface area contributed by atoms with Crippen molar-refractivity contribution in [1.82, 2.24) is 10.8 Å². The zero-order valence-corrected chi connectivity index (χ0v) is 8.33. The quantitative estimate of drug-likeness (QED) is 0.428. The highest BCUT2D eigenvalue weighted by atomic mass is 16.5. The van der Waals surface area contributed by atoms with Gasteiger partial charge in [0, 0.05) is 0 Å². The summed E-state index contributed by atoms with van der Waals surface area (Å²) in [6, 6.07) is -0.168. The Kier molecular flexibility index (Phi) is 3.03. The van der Waals surface area contributed by atoms with Crippen LogP contribution >= 0.6 is 0 Å². The van der Waals surface area contributed by atoms with E-state index in [9.17, 15) is 4.79 Å². The fraction of sp³-hybridized carbons (Fsp3) is 0.900. The van der Waals surface area contributed by atoms with Crippen LogP contribution in [-0.4, -0.2) is 23.7 Å². The molecule has 4 nitrogen and oxygen atoms in total. The first kappa shape index (κ1) is 9.93. The zero-order valence-electron chi connectivity index (χ0n) is 8.33. The molecule has 80 valence electrons. The average Bonchev–Trinajstić information content (AvgIpc) is 2.27. The van der Waals surface area contributed by atoms with Crippen molar-refractivity contribution in [3.05, 3.63) is 0 Å². The molecule has 3 atom stereocenters. The van der Waals surface area contributed by atoms with Crippen LogP contribution in [0, 0.1) is 11.8 Å². The second kappa shape index (κ2) is 4.28. The number of piperidine rings is 1. The monoisotopic (exact) mass is 198 g/mol. The molecule has 1 amide bonds. The Morgan fingerprint density at radius 1 is 1.29 bits per heavy atom. The summed E-state index contributed by atoms with van der Waals surface area (Å²) in [5.41, 5.74) is 1.77. The third-order valence-corrected chi connectivity index (χ3v) is 3.67. The second-order valence-corrected chi connectivity index (χ2v) is 4.40. The summed E-state index contributed by atoms with van der Waals surface area (Å²) in [7, 11) is 0. The van der Waals surface area contributed by atoms with E-state index in [0.717, 1.165) is 13.0 Å². The smallest absolute Gasteiger partial charge is 0.260 e. The van der Waals surface area contributed by atoms with Crippen molar-refractivity contribution in [1.29, 1.82) is 0 Å². The maximum absolute atomic E-state index is 11.4. The molecular weight excluding hydrogens is 180 g/mol. The van der Waals surface area contributed by atoms with Crippen molar-refractivity contribution in [2.75, 3.05) is 6.54 Å². The van der Waals surface area contributed by atoms with Crippen LogP contribution in [-0.2, 0) is 4.79 Å². The zero-order chi connectivity index (χ0) is 9.97. The minimum atomic E-state index is -0.262. The lowest BCUT2D eigenvalue weighted by atomic mass is 9.71. The van der Waals surface area contributed by atoms with Crippen molar-refractivity contribution in [3.63, 3.8) is 0 Å². The Hall–Kier alpha value is -0.610. The van der Waals surface area contributed by atoms with Crippen LogP contribution in [0.2, 0.25) is 0 Å². The van der Waals surface area contributed by atoms with Crippen LogP contribution in [0.1, 0.15) is 32.1 Å². The summed E-state index contributed by atoms with van der Waals surface area (Å²) in [5, 5.41) is 11.8. The van der Waals surface area contributed by atoms with Crippen molar-refractivity contribution in [2.24, 2.45) is 11.8 Å². The molecule has 4 heteroatoms. The van der Waals surface area contributed by atoms with E-state index in [2.05, 4.69) is 5.32 Å². The number of fused-ring (bicyclic) bond motifs is 1. The molecule has 2 rings (SSSR count). The predicted octanol–water partition coefficient (Wildman–Crippen LogP) is 0.660. The van der Waals surface area contributed by atoms with Crippen molar-refractivity contribution < 1.29 is 10.0 Å². The maximum atomic E-state index is 11.4. The van der Waals surface area contributed by atoms with E-state index in [1.807, 2.05) is 0 Å². The van der Waals surface area contributed by atoms with Crippen LogP contribution in [0.4, 0.5) is 0 Å². The Morgan fingerprint density at radius 3 is 2.86 bits per heavy atom. The van der Waals surface area contributed by atoms with Gasteiger partial charge in [-0.2, -0.15) is 0 Å². The summed E-state index contributed by atoms with van der Waals surface area (Å²) in [6.45, 7) is 0.902. The average molecular weight is 198 g/mol. The van der Waals surface area contributed by atoms with E-state index >= 15 is 0 Å². The van der Waals surface area contributed by atoms with Crippen LogP contribution in [0.5, 0.6) is 0 Å². The van der Waals surface area contributed by atoms with E-state index in [0.29, 0.717) is 11.8 Å². The third kappa shape index (κ3) is 1.77. The maximum Gasteiger partial charge on any atom is 0.260 e. The number of rotatable bonds is 1. The molecule has 3 N–H and O–H groups in total. The van der Waals surface area contributed by atoms with Gasteiger partial charge in [-0.15, -0.1) is 0 Å². The molecular formula is C10H18N2O2. The highest BCUT2D eigenvalue weighted by Gasteiger charge is 2.38. The molecule has 0 radical (unpaired) electrons. The van der Waals surface area contributed by atoms with Crippen LogP contribution in [0.25, 0.3) is 0 Å². The lowest BCUT2D eigenvalue weighted by Crippen LogP contribution is -2.54. The molecule has 2 aliphatic rings. The van der Waals surface area contributed by atoms with Crippen molar-refractivity contribution in [2.45, 2.75) is 38.1 Å². The molecule has 14 heavy (non-hydrogen) atoms. The lowest BCUT2D eigenvalue weighted by molar-refractivity contribution is -0.134. The van der Waals surface area contributed by atoms with E-state index in [-0.39, 0.29) is 11.9 Å². The van der Waals surface area contributed by atoms with E-state index in [4.69, 9.17) is 5.21 Å². The topological polar surface area (TPSA) is 61.4 Å². The normalized spacial score (nSPS) is 37.4. The van der Waals surface area contributed by atoms with Gasteiger partial charge in [-0.25, -0.2) is 5.48 Å². The number of hydrogen-bond acceptors (Lipinski definition) is 3. The SMILES string of the molecule is O=C(NO)C1NCCC2CCCCC21. The van der Waals surface area contributed by atoms with E-state index in [1.54, 1.807) is 5.48 Å². The molecule has 0 bridgehead atoms. The van der Waals surface area contributed by atoms with Gasteiger partial charge in [0.2, 0.25) is 0 Å². The molecule has 0 aromatic carbocycles. The minimum Gasteiger partial charge on any atom is -0.306 e. The molecule has 1 saturated heterocycles. The number of carbonyl (C=O) groups excluding carboxylic acids is 1. The van der Waals surface area contributed by atoms with Crippen molar-refractivity contribution in [3.8, 4) is 0 Å². The van der Waals surface area contributed by atoms with Gasteiger partial charge >= 0.3 is 0 Å². The first-order valence-electron chi connectivity index (χ1n) is 5.50. The Labute approximate surface area is 84.0 Å². The summed E-state index contributed by atoms with van der Waals surface area (Å²) in [5.74, 6) is 0.860. The van der Waals surface area contributed by atoms with Crippen LogP contribution in [0.3, 0.4) is 0 Å². The molecule has 3 unspecified atom stereocenters. The van der Waals surface area contributed by atoms with Gasteiger partial charge in [-0.05, 0) is 31.2 Å². The van der Waals surface area contributed by atoms with Crippen LogP contribution in [0.15, 0.2) is 0 Å². The summed E-state index contributed by atoms with van der Waals surface area (Å²) in [6.07, 6.45) is 6.07. The van der Waals surface area contributed by atoms with Crippen LogP contribution < -0.4 is 10.8 Å². The standard InChI is InChI=1S/C10H18N2O2/c13-10(12-14)9-8-4-2-1-3-7(8)5-6-11-9/h7-9,11,14H,1-6H2,(H,12,13). The van der Waals surface area contributed by atoms with Gasteiger partial charge in [-0.3, -0.25) is 10.0 Å². The Morgan fingerprint density at radius 2 is 2.07 bits per heavy atom. The largest absolute Gasteiger partial charge is 0.306 e. The first-order chi connectivity index (χ1) is 6.83. The second-order valence-electron chi connectivity index (χ2n) is 4.40. The van der Waals surface area contributed by atoms with Gasteiger partial charge < -0.3 is 5.32 Å². The highest BCUT2D eigenvalue weighted by Crippen LogP contribution is 2.36. The molecule has 0 spiro atoms. The number of carbonyl (C=O) groups is 1. The lowest BCUT2D eigenvalue weighted by Gasteiger charge is -2.40. The number of hydrogen-bond donors (Lipinski definition) is 3. The molecule has 1 aliphatic heterocycles. The third-order valence-electron chi connectivity index (χ3n) is 3.67. The van der Waals surface area contributed by atoms with Gasteiger partial charge in [-0.1, -0.05) is 19.3 Å². The molecule has 2 fully saturated rings. The Balaban J connectivity index is 2.04. The van der Waals surface area contributed by atoms with Gasteiger partial charge in [0.15, 0.2) is 0 Å². The Bertz CT molecular complexity index is 218. The van der Waals surface area contributed by atoms with Gasteiger partial charge in [0.1, 0.15) is 0 Å². The molecule has 1 aliphatic carbocycles. The van der Waals surface area contributed by atoms with E-state index < -0.39 is 0 Å². The van der Waals surface area contributed by atoms with Gasteiger partial charge in [0.05, 0.1) is 6.04 Å². The number of amides is 1. The summed E-state index contributed by atoms with van der Waals surface area (Å²) < 4.78 is 0. The first-order valence-corrected chi connectivity index (χ1v) is 5.50. The number of nitrogens with one attached hydrogen (secondary N) is 2. The predicted molar refractivity (Wildman–Crippen MR) is 51.8 cm³/mol. The highest BCUT2D eigenvalue weighted by molar-refractivity contribution is 5.81. The number of hydroxylamine groups is 1. The molecule has 0 aromatic rings. The fourth-order valence-electron chi connectivity index (χ4n) is 2.97. The van der Waals surface area contributed by atoms with E-state index in [1.165, 1.54) is 25.7 Å². The van der Waals surface area contributed by atoms with Crippen molar-refractivity contribution >= 4 is 5.91 Å². The minimum absolute atomic E-state index is 0.168. The fourth-order valence-corrected chi connectivity index (χ4v) is 2.97. The molecule has 1 saturated carbocycles. The summed E-state index contributed by atoms with van der Waals surface area (Å²) >= 11 is 0.